The van der Waals surface area contributed by atoms with Gasteiger partial charge in [0.2, 0.25) is 11.8 Å². The van der Waals surface area contributed by atoms with Gasteiger partial charge in [-0.3, -0.25) is 13.9 Å². The van der Waals surface area contributed by atoms with Gasteiger partial charge in [-0.15, -0.1) is 0 Å². The average Bonchev–Trinajstić information content (AvgIpc) is 3.08. The van der Waals surface area contributed by atoms with E-state index in [0.29, 0.717) is 5.75 Å². The van der Waals surface area contributed by atoms with Crippen LogP contribution in [-0.2, 0) is 32.6 Å². The van der Waals surface area contributed by atoms with Crippen molar-refractivity contribution in [1.82, 2.24) is 10.2 Å². The number of hydrogen-bond acceptors (Lipinski definition) is 7. The largest absolute Gasteiger partial charge is 0.495 e. The zero-order valence-electron chi connectivity index (χ0n) is 26.0. The molecule has 0 saturated carbocycles. The second-order valence-corrected chi connectivity index (χ2v) is 12.5. The Hall–Kier alpha value is -4.74. The molecule has 0 aliphatic carbocycles. The molecule has 12 heteroatoms. The van der Waals surface area contributed by atoms with Gasteiger partial charge in [0.1, 0.15) is 18.3 Å². The first-order chi connectivity index (χ1) is 22.1. The van der Waals surface area contributed by atoms with Crippen molar-refractivity contribution < 1.29 is 32.2 Å². The number of rotatable bonds is 14. The van der Waals surface area contributed by atoms with Crippen LogP contribution >= 0.6 is 11.6 Å². The minimum Gasteiger partial charge on any atom is -0.495 e. The zero-order chi connectivity index (χ0) is 33.3. The molecule has 46 heavy (non-hydrogen) atoms. The van der Waals surface area contributed by atoms with E-state index in [1.54, 1.807) is 6.07 Å². The molecule has 0 aliphatic heterocycles. The maximum absolute atomic E-state index is 14.5. The molecule has 0 bridgehead atoms. The van der Waals surface area contributed by atoms with Crippen molar-refractivity contribution in [3.63, 3.8) is 0 Å². The van der Waals surface area contributed by atoms with Gasteiger partial charge in [-0.25, -0.2) is 8.42 Å². The van der Waals surface area contributed by atoms with Crippen LogP contribution < -0.4 is 23.8 Å². The number of likely N-dealkylation sites (N-methyl/N-ethyl adjacent to an activating group) is 1. The van der Waals surface area contributed by atoms with E-state index in [-0.39, 0.29) is 40.1 Å². The van der Waals surface area contributed by atoms with Crippen LogP contribution in [0.25, 0.3) is 0 Å². The van der Waals surface area contributed by atoms with Gasteiger partial charge in [0, 0.05) is 31.1 Å². The lowest BCUT2D eigenvalue weighted by molar-refractivity contribution is -0.139. The van der Waals surface area contributed by atoms with Gasteiger partial charge in [-0.2, -0.15) is 0 Å². The molecule has 0 heterocycles. The minimum atomic E-state index is -4.46. The number of ether oxygens (including phenoxy) is 3. The van der Waals surface area contributed by atoms with Crippen LogP contribution in [0.15, 0.2) is 102 Å². The van der Waals surface area contributed by atoms with Crippen LogP contribution in [0, 0.1) is 0 Å². The fourth-order valence-corrected chi connectivity index (χ4v) is 6.58. The summed E-state index contributed by atoms with van der Waals surface area (Å²) in [4.78, 5) is 29.1. The smallest absolute Gasteiger partial charge is 0.265 e. The number of nitrogens with zero attached hydrogens (tertiary/aromatic N) is 2. The highest BCUT2D eigenvalue weighted by Gasteiger charge is 2.35. The van der Waals surface area contributed by atoms with Gasteiger partial charge in [0.25, 0.3) is 10.0 Å². The summed E-state index contributed by atoms with van der Waals surface area (Å²) in [5, 5.41) is 2.89. The van der Waals surface area contributed by atoms with E-state index in [1.807, 2.05) is 60.7 Å². The predicted octanol–water partition coefficient (Wildman–Crippen LogP) is 4.95. The summed E-state index contributed by atoms with van der Waals surface area (Å²) in [6.45, 7) is -0.635. The molecule has 0 aromatic heterocycles. The first kappa shape index (κ1) is 34.1. The lowest BCUT2D eigenvalue weighted by Crippen LogP contribution is -2.53. The van der Waals surface area contributed by atoms with E-state index in [2.05, 4.69) is 5.32 Å². The highest BCUT2D eigenvalue weighted by atomic mass is 35.5. The molecule has 1 atom stereocenters. The first-order valence-electron chi connectivity index (χ1n) is 14.3. The number of sulfonamides is 1. The third-order valence-corrected chi connectivity index (χ3v) is 9.34. The number of amides is 2. The Morgan fingerprint density at radius 2 is 1.37 bits per heavy atom. The molecule has 0 unspecified atom stereocenters. The van der Waals surface area contributed by atoms with Crippen molar-refractivity contribution in [3.05, 3.63) is 113 Å². The summed E-state index contributed by atoms with van der Waals surface area (Å²) >= 11 is 6.35. The monoisotopic (exact) mass is 665 g/mol. The fourth-order valence-electron chi connectivity index (χ4n) is 4.98. The Kier molecular flexibility index (Phi) is 11.5. The van der Waals surface area contributed by atoms with Gasteiger partial charge in [-0.05, 0) is 41.5 Å². The Balaban J connectivity index is 1.85. The maximum atomic E-state index is 14.5. The first-order valence-corrected chi connectivity index (χ1v) is 16.1. The van der Waals surface area contributed by atoms with Crippen molar-refractivity contribution in [1.29, 1.82) is 0 Å². The molecule has 0 radical (unpaired) electrons. The molecule has 4 aromatic carbocycles. The van der Waals surface area contributed by atoms with E-state index in [9.17, 15) is 18.0 Å². The molecule has 242 valence electrons. The highest BCUT2D eigenvalue weighted by molar-refractivity contribution is 7.92. The third-order valence-electron chi connectivity index (χ3n) is 7.34. The number of methoxy groups -OCH3 is 3. The van der Waals surface area contributed by atoms with E-state index in [4.69, 9.17) is 25.8 Å². The van der Waals surface area contributed by atoms with Crippen LogP contribution in [0.2, 0.25) is 5.02 Å². The summed E-state index contributed by atoms with van der Waals surface area (Å²) < 4.78 is 46.0. The number of anilines is 1. The molecule has 0 saturated heterocycles. The molecule has 2 amide bonds. The van der Waals surface area contributed by atoms with Crippen molar-refractivity contribution in [2.75, 3.05) is 39.2 Å². The van der Waals surface area contributed by atoms with Crippen LogP contribution in [0.3, 0.4) is 0 Å². The second-order valence-electron chi connectivity index (χ2n) is 10.2. The Bertz CT molecular complexity index is 1760. The number of carbonyl (C=O) groups excluding carboxylic acids is 2. The minimum absolute atomic E-state index is 0.0392. The maximum Gasteiger partial charge on any atom is 0.265 e. The molecule has 0 fully saturated rings. The van der Waals surface area contributed by atoms with Crippen molar-refractivity contribution >= 4 is 39.1 Å². The molecule has 4 rings (SSSR count). The Labute approximate surface area is 274 Å². The molecule has 0 aliphatic rings. The van der Waals surface area contributed by atoms with Crippen LogP contribution in [0.4, 0.5) is 5.69 Å². The number of nitrogens with one attached hydrogen (secondary N) is 1. The summed E-state index contributed by atoms with van der Waals surface area (Å²) in [6.07, 6.45) is 0.196. The van der Waals surface area contributed by atoms with Crippen molar-refractivity contribution in [3.8, 4) is 17.2 Å². The number of halogens is 1. The van der Waals surface area contributed by atoms with Crippen LogP contribution in [0.1, 0.15) is 11.1 Å². The second kappa shape index (κ2) is 15.5. The molecular weight excluding hydrogens is 630 g/mol. The third kappa shape index (κ3) is 7.91. The van der Waals surface area contributed by atoms with Gasteiger partial charge < -0.3 is 24.4 Å². The van der Waals surface area contributed by atoms with Crippen LogP contribution in [-0.4, -0.2) is 66.1 Å². The number of benzene rings is 4. The summed E-state index contributed by atoms with van der Waals surface area (Å²) in [6, 6.07) is 26.1. The SMILES string of the molecule is CNC(=O)[C@@H](Cc1ccccc1)N(Cc1ccccc1)C(=O)CN(c1cc(Cl)ccc1OC)S(=O)(=O)c1ccc(OC)c(OC)c1. The zero-order valence-corrected chi connectivity index (χ0v) is 27.5. The normalized spacial score (nSPS) is 11.7. The van der Waals surface area contributed by atoms with E-state index >= 15 is 0 Å². The van der Waals surface area contributed by atoms with Gasteiger partial charge in [-0.1, -0.05) is 72.3 Å². The van der Waals surface area contributed by atoms with Gasteiger partial charge in [0.05, 0.1) is 31.9 Å². The fraction of sp³-hybridized carbons (Fsp3) is 0.235. The van der Waals surface area contributed by atoms with Crippen molar-refractivity contribution in [2.45, 2.75) is 23.9 Å². The molecule has 0 spiro atoms. The summed E-state index contributed by atoms with van der Waals surface area (Å²) in [5.41, 5.74) is 1.62. The highest BCUT2D eigenvalue weighted by Crippen LogP contribution is 2.37. The van der Waals surface area contributed by atoms with E-state index in [0.717, 1.165) is 15.4 Å². The Morgan fingerprint density at radius 1 is 0.783 bits per heavy atom. The lowest BCUT2D eigenvalue weighted by atomic mass is 10.0. The van der Waals surface area contributed by atoms with Crippen LogP contribution in [0.5, 0.6) is 17.2 Å². The van der Waals surface area contributed by atoms with Crippen molar-refractivity contribution in [2.24, 2.45) is 0 Å². The molecule has 10 nitrogen and oxygen atoms in total. The van der Waals surface area contributed by atoms with Gasteiger partial charge >= 0.3 is 0 Å². The lowest BCUT2D eigenvalue weighted by Gasteiger charge is -2.34. The Morgan fingerprint density at radius 3 is 1.96 bits per heavy atom. The molecular formula is C34H36ClN3O7S. The summed E-state index contributed by atoms with van der Waals surface area (Å²) in [7, 11) is 1.25. The topological polar surface area (TPSA) is 114 Å². The van der Waals surface area contributed by atoms with E-state index in [1.165, 1.54) is 63.6 Å². The van der Waals surface area contributed by atoms with E-state index < -0.39 is 34.4 Å². The number of hydrogen-bond donors (Lipinski definition) is 1. The number of carbonyl (C=O) groups is 2. The average molecular weight is 666 g/mol. The predicted molar refractivity (Wildman–Crippen MR) is 177 cm³/mol. The van der Waals surface area contributed by atoms with Gasteiger partial charge in [0.15, 0.2) is 11.5 Å². The summed E-state index contributed by atoms with van der Waals surface area (Å²) in [5.74, 6) is -0.348. The quantitative estimate of drug-likeness (QED) is 0.203. The molecule has 1 N–H and O–H groups in total. The molecule has 4 aromatic rings. The standard InChI is InChI=1S/C34H36ClN3O7S/c1-36-34(40)29(19-24-11-7-5-8-12-24)37(22-25-13-9-6-10-14-25)33(39)23-38(28-20-26(35)15-17-30(28)43-2)46(41,42)27-16-18-31(44-3)32(21-27)45-4/h5-18,20-21,29H,19,22-23H2,1-4H3,(H,36,40)/t29-/m1/s1.